The van der Waals surface area contributed by atoms with E-state index < -0.39 is 30.8 Å². The summed E-state index contributed by atoms with van der Waals surface area (Å²) in [5.74, 6) is 0. The molecule has 1 N–H and O–H groups in total. The Bertz CT molecular complexity index is 229. The molecule has 1 atom stereocenters. The number of hydrogen-bond acceptors (Lipinski definition) is 3. The van der Waals surface area contributed by atoms with E-state index >= 15 is 0 Å². The highest BCUT2D eigenvalue weighted by molar-refractivity contribution is 5.68. The van der Waals surface area contributed by atoms with E-state index in [0.717, 1.165) is 4.90 Å². The molecule has 6 heteroatoms. The minimum atomic E-state index is -2.70. The highest BCUT2D eigenvalue weighted by Crippen LogP contribution is 2.16. The highest BCUT2D eigenvalue weighted by Gasteiger charge is 2.30. The third-order valence-corrected chi connectivity index (χ3v) is 1.89. The molecule has 1 unspecified atom stereocenters. The first-order valence-corrected chi connectivity index (χ1v) is 5.04. The van der Waals surface area contributed by atoms with Crippen molar-refractivity contribution < 1.29 is 23.4 Å². The van der Waals surface area contributed by atoms with Crippen molar-refractivity contribution in [2.75, 3.05) is 13.7 Å². The van der Waals surface area contributed by atoms with Crippen LogP contribution in [0, 0.1) is 0 Å². The van der Waals surface area contributed by atoms with Crippen molar-refractivity contribution in [2.45, 2.75) is 45.3 Å². The van der Waals surface area contributed by atoms with Crippen molar-refractivity contribution >= 4 is 6.09 Å². The molecule has 0 aliphatic heterocycles. The van der Waals surface area contributed by atoms with E-state index in [-0.39, 0.29) is 6.42 Å². The second kappa shape index (κ2) is 5.98. The van der Waals surface area contributed by atoms with Crippen LogP contribution in [0.1, 0.15) is 27.2 Å². The van der Waals surface area contributed by atoms with Crippen molar-refractivity contribution in [3.05, 3.63) is 0 Å². The average Bonchev–Trinajstić information content (AvgIpc) is 2.09. The molecular formula is C10H19F2NO3. The number of halogens is 2. The van der Waals surface area contributed by atoms with Gasteiger partial charge >= 0.3 is 6.09 Å². The fraction of sp³-hybridized carbons (Fsp3) is 0.900. The SMILES string of the molecule is CN(C(=O)OC(C)(C)C)C(CCO)C(F)F. The molecule has 0 heterocycles. The van der Waals surface area contributed by atoms with Gasteiger partial charge in [-0.1, -0.05) is 0 Å². The first kappa shape index (κ1) is 15.1. The number of hydrogen-bond donors (Lipinski definition) is 1. The van der Waals surface area contributed by atoms with Gasteiger partial charge in [0.25, 0.3) is 6.43 Å². The zero-order valence-corrected chi connectivity index (χ0v) is 10.0. The molecule has 0 saturated heterocycles. The van der Waals surface area contributed by atoms with Gasteiger partial charge in [-0.25, -0.2) is 13.6 Å². The van der Waals surface area contributed by atoms with Gasteiger partial charge in [0.15, 0.2) is 0 Å². The second-order valence-electron chi connectivity index (χ2n) is 4.51. The van der Waals surface area contributed by atoms with E-state index in [9.17, 15) is 13.6 Å². The lowest BCUT2D eigenvalue weighted by Crippen LogP contribution is -2.44. The first-order chi connectivity index (χ1) is 7.19. The van der Waals surface area contributed by atoms with Gasteiger partial charge in [0.1, 0.15) is 5.60 Å². The molecule has 4 nitrogen and oxygen atoms in total. The van der Waals surface area contributed by atoms with Gasteiger partial charge in [-0.05, 0) is 27.2 Å². The number of rotatable bonds is 4. The van der Waals surface area contributed by atoms with Crippen LogP contribution in [-0.2, 0) is 4.74 Å². The second-order valence-corrected chi connectivity index (χ2v) is 4.51. The minimum absolute atomic E-state index is 0.173. The Balaban J connectivity index is 4.49. The molecule has 0 radical (unpaired) electrons. The smallest absolute Gasteiger partial charge is 0.410 e. The summed E-state index contributed by atoms with van der Waals surface area (Å²) in [6.45, 7) is 4.56. The Kier molecular flexibility index (Phi) is 5.64. The van der Waals surface area contributed by atoms with E-state index in [2.05, 4.69) is 0 Å². The van der Waals surface area contributed by atoms with E-state index in [4.69, 9.17) is 9.84 Å². The van der Waals surface area contributed by atoms with E-state index in [1.165, 1.54) is 7.05 Å². The van der Waals surface area contributed by atoms with Crippen LogP contribution in [0.25, 0.3) is 0 Å². The van der Waals surface area contributed by atoms with Crippen LogP contribution in [0.4, 0.5) is 13.6 Å². The summed E-state index contributed by atoms with van der Waals surface area (Å²) in [6.07, 6.45) is -3.69. The van der Waals surface area contributed by atoms with Crippen molar-refractivity contribution in [1.82, 2.24) is 4.90 Å². The van der Waals surface area contributed by atoms with Gasteiger partial charge in [-0.3, -0.25) is 0 Å². The Morgan fingerprint density at radius 3 is 2.25 bits per heavy atom. The maximum absolute atomic E-state index is 12.6. The summed E-state index contributed by atoms with van der Waals surface area (Å²) in [7, 11) is 1.24. The normalized spacial score (nSPS) is 13.8. The van der Waals surface area contributed by atoms with Crippen molar-refractivity contribution in [1.29, 1.82) is 0 Å². The van der Waals surface area contributed by atoms with Crippen LogP contribution in [0.5, 0.6) is 0 Å². The molecule has 0 aromatic heterocycles. The third kappa shape index (κ3) is 5.25. The fourth-order valence-electron chi connectivity index (χ4n) is 1.09. The lowest BCUT2D eigenvalue weighted by atomic mass is 10.2. The van der Waals surface area contributed by atoms with Gasteiger partial charge in [0.2, 0.25) is 0 Å². The van der Waals surface area contributed by atoms with Gasteiger partial charge in [0.05, 0.1) is 6.04 Å². The molecule has 1 amide bonds. The van der Waals surface area contributed by atoms with Gasteiger partial charge < -0.3 is 14.7 Å². The standard InChI is InChI=1S/C10H19F2NO3/c1-10(2,3)16-9(15)13(4)7(5-6-14)8(11)12/h7-8,14H,5-6H2,1-4H3. The van der Waals surface area contributed by atoms with Crippen molar-refractivity contribution in [2.24, 2.45) is 0 Å². The third-order valence-electron chi connectivity index (χ3n) is 1.89. The Morgan fingerprint density at radius 2 is 1.94 bits per heavy atom. The van der Waals surface area contributed by atoms with Crippen molar-refractivity contribution in [3.8, 4) is 0 Å². The largest absolute Gasteiger partial charge is 0.444 e. The lowest BCUT2D eigenvalue weighted by Gasteiger charge is -2.29. The number of aliphatic hydroxyl groups is 1. The topological polar surface area (TPSA) is 49.8 Å². The van der Waals surface area contributed by atoms with Gasteiger partial charge in [-0.2, -0.15) is 0 Å². The fourth-order valence-corrected chi connectivity index (χ4v) is 1.09. The minimum Gasteiger partial charge on any atom is -0.444 e. The zero-order valence-electron chi connectivity index (χ0n) is 10.0. The van der Waals surface area contributed by atoms with Crippen LogP contribution < -0.4 is 0 Å². The van der Waals surface area contributed by atoms with Crippen molar-refractivity contribution in [3.63, 3.8) is 0 Å². The summed E-state index contributed by atoms with van der Waals surface area (Å²) in [5, 5.41) is 8.64. The number of alkyl halides is 2. The molecule has 0 rings (SSSR count). The van der Waals surface area contributed by atoms with Crippen LogP contribution in [0.3, 0.4) is 0 Å². The van der Waals surface area contributed by atoms with E-state index in [1.54, 1.807) is 20.8 Å². The maximum atomic E-state index is 12.6. The Hall–Kier alpha value is -0.910. The van der Waals surface area contributed by atoms with Crippen LogP contribution in [0.2, 0.25) is 0 Å². The molecule has 0 aliphatic carbocycles. The molecule has 0 bridgehead atoms. The molecule has 96 valence electrons. The Labute approximate surface area is 94.2 Å². The maximum Gasteiger partial charge on any atom is 0.410 e. The summed E-state index contributed by atoms with van der Waals surface area (Å²) in [5.41, 5.74) is -0.725. The molecular weight excluding hydrogens is 220 g/mol. The van der Waals surface area contributed by atoms with E-state index in [1.807, 2.05) is 0 Å². The number of carbonyl (C=O) groups excluding carboxylic acids is 1. The number of amides is 1. The summed E-state index contributed by atoms with van der Waals surface area (Å²) in [4.78, 5) is 12.3. The summed E-state index contributed by atoms with van der Waals surface area (Å²) >= 11 is 0. The summed E-state index contributed by atoms with van der Waals surface area (Å²) < 4.78 is 30.1. The first-order valence-electron chi connectivity index (χ1n) is 5.04. The molecule has 0 aromatic carbocycles. The molecule has 0 aliphatic rings. The van der Waals surface area contributed by atoms with Crippen LogP contribution in [0.15, 0.2) is 0 Å². The number of aliphatic hydroxyl groups excluding tert-OH is 1. The zero-order chi connectivity index (χ0) is 12.9. The molecule has 0 spiro atoms. The summed E-state index contributed by atoms with van der Waals surface area (Å²) in [6, 6.07) is -1.32. The molecule has 0 saturated carbocycles. The quantitative estimate of drug-likeness (QED) is 0.814. The molecule has 0 aromatic rings. The predicted octanol–water partition coefficient (Wildman–Crippen LogP) is 1.87. The predicted molar refractivity (Wildman–Crippen MR) is 55.5 cm³/mol. The lowest BCUT2D eigenvalue weighted by molar-refractivity contribution is -0.0119. The van der Waals surface area contributed by atoms with E-state index in [0.29, 0.717) is 0 Å². The number of ether oxygens (including phenoxy) is 1. The van der Waals surface area contributed by atoms with Gasteiger partial charge in [0, 0.05) is 13.7 Å². The van der Waals surface area contributed by atoms with Gasteiger partial charge in [-0.15, -0.1) is 0 Å². The monoisotopic (exact) mass is 239 g/mol. The number of nitrogens with zero attached hydrogens (tertiary/aromatic N) is 1. The highest BCUT2D eigenvalue weighted by atomic mass is 19.3. The Morgan fingerprint density at radius 1 is 1.44 bits per heavy atom. The average molecular weight is 239 g/mol. The van der Waals surface area contributed by atoms with Crippen LogP contribution in [-0.4, -0.2) is 47.8 Å². The number of carbonyl (C=O) groups is 1. The molecule has 0 fully saturated rings. The molecule has 16 heavy (non-hydrogen) atoms. The van der Waals surface area contributed by atoms with Crippen LogP contribution >= 0.6 is 0 Å².